The van der Waals surface area contributed by atoms with Gasteiger partial charge in [-0.3, -0.25) is 4.79 Å². The smallest absolute Gasteiger partial charge is 0.308 e. The molecule has 0 aliphatic heterocycles. The lowest BCUT2D eigenvalue weighted by Gasteiger charge is -2.19. The van der Waals surface area contributed by atoms with Crippen molar-refractivity contribution in [1.82, 2.24) is 0 Å². The van der Waals surface area contributed by atoms with E-state index in [1.165, 1.54) is 7.11 Å². The second-order valence-corrected chi connectivity index (χ2v) is 4.17. The monoisotopic (exact) mass is 202 g/mol. The van der Waals surface area contributed by atoms with Crippen molar-refractivity contribution >= 4 is 5.97 Å². The van der Waals surface area contributed by atoms with Gasteiger partial charge in [-0.1, -0.05) is 13.8 Å². The third-order valence-electron chi connectivity index (χ3n) is 1.95. The fraction of sp³-hybridized carbons (Fsp3) is 0.909. The van der Waals surface area contributed by atoms with Gasteiger partial charge >= 0.3 is 5.97 Å². The Bertz CT molecular complexity index is 166. The summed E-state index contributed by atoms with van der Waals surface area (Å²) >= 11 is 0. The Morgan fingerprint density at radius 1 is 1.14 bits per heavy atom. The molecule has 0 amide bonds. The van der Waals surface area contributed by atoms with E-state index in [1.54, 1.807) is 0 Å². The van der Waals surface area contributed by atoms with Crippen molar-refractivity contribution in [3.05, 3.63) is 0 Å². The van der Waals surface area contributed by atoms with E-state index in [4.69, 9.17) is 4.74 Å². The summed E-state index contributed by atoms with van der Waals surface area (Å²) in [7, 11) is 1.40. The third-order valence-corrected chi connectivity index (χ3v) is 1.95. The van der Waals surface area contributed by atoms with Crippen molar-refractivity contribution in [2.24, 2.45) is 5.92 Å². The van der Waals surface area contributed by atoms with Crippen LogP contribution in [0.3, 0.4) is 0 Å². The molecule has 0 saturated heterocycles. The van der Waals surface area contributed by atoms with Crippen LogP contribution in [0.15, 0.2) is 0 Å². The Balaban J connectivity index is 3.70. The molecule has 0 aliphatic carbocycles. The molecule has 0 N–H and O–H groups in total. The lowest BCUT2D eigenvalue weighted by atomic mass is 10.1. The predicted octanol–water partition coefficient (Wildman–Crippen LogP) is 2.39. The van der Waals surface area contributed by atoms with Crippen LogP contribution in [0.2, 0.25) is 0 Å². The van der Waals surface area contributed by atoms with Crippen LogP contribution in [0, 0.1) is 5.92 Å². The number of methoxy groups -OCH3 is 1. The van der Waals surface area contributed by atoms with Gasteiger partial charge in [0.15, 0.2) is 0 Å². The lowest BCUT2D eigenvalue weighted by Crippen LogP contribution is -2.21. The Hall–Kier alpha value is -0.570. The maximum absolute atomic E-state index is 10.9. The minimum atomic E-state index is -0.214. The van der Waals surface area contributed by atoms with Gasteiger partial charge < -0.3 is 9.47 Å². The molecular formula is C11H22O3. The molecule has 84 valence electrons. The highest BCUT2D eigenvalue weighted by molar-refractivity contribution is 5.69. The lowest BCUT2D eigenvalue weighted by molar-refractivity contribution is -0.144. The van der Waals surface area contributed by atoms with Crippen molar-refractivity contribution in [3.63, 3.8) is 0 Å². The molecule has 2 atom stereocenters. The standard InChI is InChI=1S/C11H22O3/c1-8(2)6-9(3)14-10(4)7-11(12)13-5/h8-10H,6-7H2,1-5H3. The van der Waals surface area contributed by atoms with E-state index in [1.807, 2.05) is 13.8 Å². The number of ether oxygens (including phenoxy) is 2. The van der Waals surface area contributed by atoms with E-state index in [0.29, 0.717) is 12.3 Å². The first-order valence-electron chi connectivity index (χ1n) is 5.18. The molecular weight excluding hydrogens is 180 g/mol. The molecule has 3 heteroatoms. The molecule has 14 heavy (non-hydrogen) atoms. The molecule has 0 aromatic carbocycles. The predicted molar refractivity (Wildman–Crippen MR) is 56.1 cm³/mol. The Kier molecular flexibility index (Phi) is 6.54. The minimum absolute atomic E-state index is 0.0591. The molecule has 0 aromatic rings. The van der Waals surface area contributed by atoms with Gasteiger partial charge in [0.25, 0.3) is 0 Å². The molecule has 0 fully saturated rings. The van der Waals surface area contributed by atoms with Crippen LogP contribution in [0.25, 0.3) is 0 Å². The quantitative estimate of drug-likeness (QED) is 0.620. The highest BCUT2D eigenvalue weighted by atomic mass is 16.5. The summed E-state index contributed by atoms with van der Waals surface area (Å²) in [5, 5.41) is 0. The average Bonchev–Trinajstić information content (AvgIpc) is 2.01. The molecule has 3 nitrogen and oxygen atoms in total. The van der Waals surface area contributed by atoms with Gasteiger partial charge in [0, 0.05) is 0 Å². The second-order valence-electron chi connectivity index (χ2n) is 4.17. The zero-order chi connectivity index (χ0) is 11.1. The first kappa shape index (κ1) is 13.4. The molecule has 0 rings (SSSR count). The van der Waals surface area contributed by atoms with Crippen LogP contribution < -0.4 is 0 Å². The first-order chi connectivity index (χ1) is 6.45. The van der Waals surface area contributed by atoms with Crippen LogP contribution in [-0.2, 0) is 14.3 Å². The fourth-order valence-electron chi connectivity index (χ4n) is 1.48. The Labute approximate surface area is 86.8 Å². The summed E-state index contributed by atoms with van der Waals surface area (Å²) in [5.41, 5.74) is 0. The van der Waals surface area contributed by atoms with Crippen molar-refractivity contribution in [3.8, 4) is 0 Å². The highest BCUT2D eigenvalue weighted by Crippen LogP contribution is 2.11. The van der Waals surface area contributed by atoms with Crippen molar-refractivity contribution < 1.29 is 14.3 Å². The van der Waals surface area contributed by atoms with Crippen LogP contribution in [0.4, 0.5) is 0 Å². The maximum atomic E-state index is 10.9. The van der Waals surface area contributed by atoms with Gasteiger partial charge in [0.1, 0.15) is 0 Å². The van der Waals surface area contributed by atoms with Gasteiger partial charge in [-0.15, -0.1) is 0 Å². The molecule has 0 aromatic heterocycles. The summed E-state index contributed by atoms with van der Waals surface area (Å²) in [6.45, 7) is 8.25. The van der Waals surface area contributed by atoms with E-state index < -0.39 is 0 Å². The van der Waals surface area contributed by atoms with E-state index in [2.05, 4.69) is 18.6 Å². The van der Waals surface area contributed by atoms with Crippen LogP contribution >= 0.6 is 0 Å². The van der Waals surface area contributed by atoms with Gasteiger partial charge in [-0.25, -0.2) is 0 Å². The molecule has 0 saturated carbocycles. The topological polar surface area (TPSA) is 35.5 Å². The van der Waals surface area contributed by atoms with Crippen LogP contribution in [0.1, 0.15) is 40.5 Å². The first-order valence-corrected chi connectivity index (χ1v) is 5.18. The number of esters is 1. The summed E-state index contributed by atoms with van der Waals surface area (Å²) in [6.07, 6.45) is 1.50. The minimum Gasteiger partial charge on any atom is -0.469 e. The van der Waals surface area contributed by atoms with E-state index in [0.717, 1.165) is 6.42 Å². The van der Waals surface area contributed by atoms with Gasteiger partial charge in [0.2, 0.25) is 0 Å². The van der Waals surface area contributed by atoms with Crippen LogP contribution in [-0.4, -0.2) is 25.3 Å². The second kappa shape index (κ2) is 6.82. The zero-order valence-corrected chi connectivity index (χ0v) is 9.87. The third kappa shape index (κ3) is 6.89. The summed E-state index contributed by atoms with van der Waals surface area (Å²) < 4.78 is 10.2. The van der Waals surface area contributed by atoms with Crippen molar-refractivity contribution in [2.45, 2.75) is 52.7 Å². The number of carbonyl (C=O) groups excluding carboxylic acids is 1. The SMILES string of the molecule is COC(=O)CC(C)OC(C)CC(C)C. The summed E-state index contributed by atoms with van der Waals surface area (Å²) in [5.74, 6) is 0.407. The van der Waals surface area contributed by atoms with Gasteiger partial charge in [-0.2, -0.15) is 0 Å². The summed E-state index contributed by atoms with van der Waals surface area (Å²) in [4.78, 5) is 10.9. The molecule has 0 aliphatic rings. The normalized spacial score (nSPS) is 15.3. The molecule has 0 radical (unpaired) electrons. The highest BCUT2D eigenvalue weighted by Gasteiger charge is 2.13. The van der Waals surface area contributed by atoms with Crippen molar-refractivity contribution in [1.29, 1.82) is 0 Å². The molecule has 0 bridgehead atoms. The van der Waals surface area contributed by atoms with Crippen molar-refractivity contribution in [2.75, 3.05) is 7.11 Å². The number of hydrogen-bond donors (Lipinski definition) is 0. The molecule has 2 unspecified atom stereocenters. The number of rotatable bonds is 6. The number of hydrogen-bond acceptors (Lipinski definition) is 3. The average molecular weight is 202 g/mol. The Morgan fingerprint density at radius 2 is 1.71 bits per heavy atom. The summed E-state index contributed by atoms with van der Waals surface area (Å²) in [6, 6.07) is 0. The molecule has 0 spiro atoms. The fourth-order valence-corrected chi connectivity index (χ4v) is 1.48. The number of carbonyl (C=O) groups is 1. The van der Waals surface area contributed by atoms with Gasteiger partial charge in [0.05, 0.1) is 25.7 Å². The Morgan fingerprint density at radius 3 is 2.14 bits per heavy atom. The van der Waals surface area contributed by atoms with Gasteiger partial charge in [-0.05, 0) is 26.2 Å². The maximum Gasteiger partial charge on any atom is 0.308 e. The largest absolute Gasteiger partial charge is 0.469 e. The molecule has 0 heterocycles. The van der Waals surface area contributed by atoms with E-state index in [9.17, 15) is 4.79 Å². The van der Waals surface area contributed by atoms with E-state index >= 15 is 0 Å². The van der Waals surface area contributed by atoms with E-state index in [-0.39, 0.29) is 18.2 Å². The van der Waals surface area contributed by atoms with Crippen LogP contribution in [0.5, 0.6) is 0 Å². The zero-order valence-electron chi connectivity index (χ0n) is 9.87.